The van der Waals surface area contributed by atoms with Crippen molar-refractivity contribution in [1.82, 2.24) is 9.55 Å². The molecule has 0 bridgehead atoms. The number of carboxylic acid groups (broad SMARTS) is 2. The molecule has 202 valence electrons. The number of aromatic nitrogens is 2. The Kier molecular flexibility index (Phi) is 8.03. The molecule has 16 heteroatoms. The number of aromatic amines is 1. The zero-order valence-electron chi connectivity index (χ0n) is 18.6. The summed E-state index contributed by atoms with van der Waals surface area (Å²) < 4.78 is 1.08. The zero-order chi connectivity index (χ0) is 28.0. The van der Waals surface area contributed by atoms with Crippen molar-refractivity contribution in [3.63, 3.8) is 0 Å². The molecule has 5 N–H and O–H groups in total. The van der Waals surface area contributed by atoms with E-state index in [2.05, 4.69) is 4.98 Å². The normalized spacial score (nSPS) is 20.5. The predicted molar refractivity (Wildman–Crippen MR) is 149 cm³/mol. The quantitative estimate of drug-likeness (QED) is 0.174. The van der Waals surface area contributed by atoms with Gasteiger partial charge in [0.15, 0.2) is 0 Å². The standard InChI is InChI=1S/C22H16Cl4N2O8S2/c23-10-5-11(21(35)37-6-8(1-12(29)30)3-14(37)33)28(20(10)26)18-16(24)19(25)27-17(18)22(36)38-7-9(2-13(31)32)4-15(38)34/h3-7,27,33-34,37-38H,1-2H2,(H,29,30)(H,31,32). The molecule has 2 aromatic rings. The van der Waals surface area contributed by atoms with Crippen molar-refractivity contribution in [2.24, 2.45) is 0 Å². The number of carboxylic acids is 2. The van der Waals surface area contributed by atoms with Crippen LogP contribution < -0.4 is 0 Å². The first-order chi connectivity index (χ1) is 17.8. The first kappa shape index (κ1) is 28.3. The topological polar surface area (TPSA) is 170 Å². The van der Waals surface area contributed by atoms with Gasteiger partial charge < -0.3 is 25.4 Å². The molecule has 0 saturated carbocycles. The Hall–Kier alpha value is -2.74. The van der Waals surface area contributed by atoms with Crippen LogP contribution in [0, 0.1) is 0 Å². The predicted octanol–water partition coefficient (Wildman–Crippen LogP) is 6.25. The van der Waals surface area contributed by atoms with E-state index in [-0.39, 0.29) is 58.8 Å². The lowest BCUT2D eigenvalue weighted by atomic mass is 10.2. The maximum Gasteiger partial charge on any atom is 0.307 e. The lowest BCUT2D eigenvalue weighted by Gasteiger charge is -2.17. The molecule has 2 aliphatic rings. The Morgan fingerprint density at radius 3 is 1.84 bits per heavy atom. The number of nitrogens with one attached hydrogen (secondary N) is 1. The first-order valence-corrected chi connectivity index (χ1v) is 14.6. The van der Waals surface area contributed by atoms with Gasteiger partial charge in [0.1, 0.15) is 36.9 Å². The van der Waals surface area contributed by atoms with Crippen LogP contribution in [0.25, 0.3) is 5.69 Å². The number of hydrogen-bond acceptors (Lipinski definition) is 6. The minimum Gasteiger partial charge on any atom is -0.503 e. The van der Waals surface area contributed by atoms with Crippen LogP contribution in [0.4, 0.5) is 0 Å². The summed E-state index contributed by atoms with van der Waals surface area (Å²) in [4.78, 5) is 51.8. The smallest absolute Gasteiger partial charge is 0.307 e. The number of halogens is 4. The summed E-state index contributed by atoms with van der Waals surface area (Å²) in [5.41, 5.74) is -0.0917. The Morgan fingerprint density at radius 1 is 0.842 bits per heavy atom. The number of H-pyrrole nitrogens is 1. The number of carbonyl (C=O) groups is 4. The molecule has 10 nitrogen and oxygen atoms in total. The van der Waals surface area contributed by atoms with Crippen molar-refractivity contribution in [2.75, 3.05) is 0 Å². The average molecular weight is 642 g/mol. The van der Waals surface area contributed by atoms with Gasteiger partial charge in [-0.2, -0.15) is 0 Å². The molecular formula is C22H16Cl4N2O8S2. The molecule has 2 aliphatic heterocycles. The monoisotopic (exact) mass is 640 g/mol. The number of rotatable bonds is 7. The van der Waals surface area contributed by atoms with Gasteiger partial charge in [-0.05, 0) is 40.2 Å². The van der Waals surface area contributed by atoms with Crippen LogP contribution in [-0.2, 0) is 9.59 Å². The molecular weight excluding hydrogens is 626 g/mol. The largest absolute Gasteiger partial charge is 0.503 e. The van der Waals surface area contributed by atoms with Crippen molar-refractivity contribution in [3.8, 4) is 5.69 Å². The fourth-order valence-electron chi connectivity index (χ4n) is 3.76. The molecule has 2 aromatic heterocycles. The average Bonchev–Trinajstić information content (AvgIpc) is 3.53. The Bertz CT molecular complexity index is 1440. The number of allylic oxidation sites excluding steroid dienone is 2. The maximum absolute atomic E-state index is 13.5. The Labute approximate surface area is 239 Å². The summed E-state index contributed by atoms with van der Waals surface area (Å²) in [6.45, 7) is 0. The van der Waals surface area contributed by atoms with Gasteiger partial charge >= 0.3 is 11.9 Å². The van der Waals surface area contributed by atoms with E-state index in [1.54, 1.807) is 0 Å². The van der Waals surface area contributed by atoms with Crippen molar-refractivity contribution < 1.29 is 39.6 Å². The molecule has 2 unspecified atom stereocenters. The summed E-state index contributed by atoms with van der Waals surface area (Å²) in [6, 6.07) is 1.21. The summed E-state index contributed by atoms with van der Waals surface area (Å²) >= 11 is 25.3. The number of nitrogens with zero attached hydrogens (tertiary/aromatic N) is 1. The maximum atomic E-state index is 13.5. The second-order valence-electron chi connectivity index (χ2n) is 7.88. The van der Waals surface area contributed by atoms with E-state index >= 15 is 0 Å². The Morgan fingerprint density at radius 2 is 1.34 bits per heavy atom. The van der Waals surface area contributed by atoms with Crippen LogP contribution in [0.3, 0.4) is 0 Å². The number of hydrogen-bond donors (Lipinski definition) is 7. The van der Waals surface area contributed by atoms with Gasteiger partial charge in [0.25, 0.3) is 0 Å². The SMILES string of the molecule is O=C(O)CC1=C[SH](C(=O)c2[nH]c(Cl)c(Cl)c2-n2c(C(=O)[SH]3C=C(CC(=O)O)C=C3O)cc(Cl)c2Cl)C(O)=C1. The molecule has 0 amide bonds. The van der Waals surface area contributed by atoms with Crippen LogP contribution in [0.1, 0.15) is 33.8 Å². The fourth-order valence-corrected chi connectivity index (χ4v) is 7.92. The summed E-state index contributed by atoms with van der Waals surface area (Å²) in [5.74, 6) is -2.30. The molecule has 0 radical (unpaired) electrons. The highest BCUT2D eigenvalue weighted by Crippen LogP contribution is 2.50. The van der Waals surface area contributed by atoms with Crippen molar-refractivity contribution in [3.05, 3.63) is 82.1 Å². The Balaban J connectivity index is 1.81. The van der Waals surface area contributed by atoms with E-state index < -0.39 is 56.8 Å². The molecule has 4 heterocycles. The molecule has 4 rings (SSSR count). The van der Waals surface area contributed by atoms with Crippen LogP contribution in [0.15, 0.2) is 50.4 Å². The van der Waals surface area contributed by atoms with Gasteiger partial charge in [-0.15, -0.1) is 21.8 Å². The highest BCUT2D eigenvalue weighted by molar-refractivity contribution is 8.35. The molecule has 0 fully saturated rings. The number of aliphatic hydroxyl groups is 2. The van der Waals surface area contributed by atoms with Gasteiger partial charge in [0, 0.05) is 0 Å². The highest BCUT2D eigenvalue weighted by atomic mass is 35.5. The molecule has 38 heavy (non-hydrogen) atoms. The van der Waals surface area contributed by atoms with Crippen molar-refractivity contribution in [2.45, 2.75) is 12.8 Å². The van der Waals surface area contributed by atoms with E-state index in [9.17, 15) is 29.4 Å². The first-order valence-electron chi connectivity index (χ1n) is 10.3. The van der Waals surface area contributed by atoms with E-state index in [1.165, 1.54) is 29.0 Å². The number of carbonyl (C=O) groups excluding carboxylic acids is 2. The van der Waals surface area contributed by atoms with Crippen molar-refractivity contribution in [1.29, 1.82) is 0 Å². The van der Waals surface area contributed by atoms with E-state index in [0.717, 1.165) is 4.57 Å². The van der Waals surface area contributed by atoms with Crippen molar-refractivity contribution >= 4 is 90.4 Å². The van der Waals surface area contributed by atoms with Crippen LogP contribution >= 0.6 is 68.2 Å². The minimum atomic E-state index is -2.06. The third-order valence-electron chi connectivity index (χ3n) is 5.29. The molecule has 0 saturated heterocycles. The summed E-state index contributed by atoms with van der Waals surface area (Å²) in [7, 11) is -4.10. The van der Waals surface area contributed by atoms with E-state index in [1.807, 2.05) is 0 Å². The highest BCUT2D eigenvalue weighted by Gasteiger charge is 2.34. The molecule has 0 spiro atoms. The second kappa shape index (κ2) is 10.8. The van der Waals surface area contributed by atoms with E-state index in [0.29, 0.717) is 0 Å². The van der Waals surface area contributed by atoms with Crippen LogP contribution in [-0.4, -0.2) is 52.1 Å². The second-order valence-corrected chi connectivity index (χ2v) is 13.1. The lowest BCUT2D eigenvalue weighted by Crippen LogP contribution is -2.12. The summed E-state index contributed by atoms with van der Waals surface area (Å²) in [6.07, 6.45) is 1.57. The van der Waals surface area contributed by atoms with Crippen LogP contribution in [0.5, 0.6) is 0 Å². The fraction of sp³-hybridized carbons (Fsp3) is 0.0909. The van der Waals surface area contributed by atoms with Gasteiger partial charge in [-0.3, -0.25) is 23.7 Å². The molecule has 0 aliphatic carbocycles. The number of thiol groups is 2. The zero-order valence-corrected chi connectivity index (χ0v) is 23.4. The van der Waals surface area contributed by atoms with Gasteiger partial charge in [-0.1, -0.05) is 46.4 Å². The van der Waals surface area contributed by atoms with Gasteiger partial charge in [0.2, 0.25) is 10.2 Å². The summed E-state index contributed by atoms with van der Waals surface area (Å²) in [5, 5.41) is 38.7. The molecule has 0 aromatic carbocycles. The van der Waals surface area contributed by atoms with E-state index in [4.69, 9.17) is 56.6 Å². The van der Waals surface area contributed by atoms with Gasteiger partial charge in [0.05, 0.1) is 23.6 Å². The third-order valence-corrected chi connectivity index (χ3v) is 10.5. The van der Waals surface area contributed by atoms with Crippen LogP contribution in [0.2, 0.25) is 20.4 Å². The van der Waals surface area contributed by atoms with Gasteiger partial charge in [-0.25, -0.2) is 0 Å². The lowest BCUT2D eigenvalue weighted by molar-refractivity contribution is -0.137. The molecule has 2 atom stereocenters. The third kappa shape index (κ3) is 5.24. The number of aliphatic hydroxyl groups excluding tert-OH is 2. The minimum absolute atomic E-state index is 0.0906. The number of aliphatic carboxylic acids is 2.